The molecule has 0 bridgehead atoms. The first-order chi connectivity index (χ1) is 13.0. The van der Waals surface area contributed by atoms with Crippen LogP contribution in [0.1, 0.15) is 56.4 Å². The first-order valence-electron chi connectivity index (χ1n) is 10.1. The molecule has 0 heteroatoms. The summed E-state index contributed by atoms with van der Waals surface area (Å²) in [5.74, 6) is 0. The SMILES string of the molecule is CC.CCC.Cc1ccc(C)cc1.Cc1ccccc1-c1ccccc1C. The zero-order valence-electron chi connectivity index (χ0n) is 18.6. The summed E-state index contributed by atoms with van der Waals surface area (Å²) in [6, 6.07) is 25.5. The molecule has 3 aromatic rings. The van der Waals surface area contributed by atoms with Gasteiger partial charge in [0, 0.05) is 0 Å². The Morgan fingerprint density at radius 3 is 1.00 bits per heavy atom. The fourth-order valence-corrected chi connectivity index (χ4v) is 2.39. The lowest BCUT2D eigenvalue weighted by atomic mass is 9.97. The molecule has 0 spiro atoms. The second kappa shape index (κ2) is 14.8. The Kier molecular flexibility index (Phi) is 13.5. The van der Waals surface area contributed by atoms with Gasteiger partial charge in [0.25, 0.3) is 0 Å². The Morgan fingerprint density at radius 2 is 0.741 bits per heavy atom. The molecule has 0 amide bonds. The Morgan fingerprint density at radius 1 is 0.481 bits per heavy atom. The van der Waals surface area contributed by atoms with Crippen LogP contribution in [0.4, 0.5) is 0 Å². The van der Waals surface area contributed by atoms with Crippen molar-refractivity contribution < 1.29 is 0 Å². The Hall–Kier alpha value is -2.34. The van der Waals surface area contributed by atoms with Crippen molar-refractivity contribution in [1.29, 1.82) is 0 Å². The lowest BCUT2D eigenvalue weighted by Crippen LogP contribution is -1.85. The molecule has 0 radical (unpaired) electrons. The van der Waals surface area contributed by atoms with E-state index in [1.807, 2.05) is 13.8 Å². The number of hydrogen-bond donors (Lipinski definition) is 0. The summed E-state index contributed by atoms with van der Waals surface area (Å²) < 4.78 is 0. The van der Waals surface area contributed by atoms with Crippen LogP contribution in [0, 0.1) is 27.7 Å². The minimum Gasteiger partial charge on any atom is -0.0683 e. The molecule has 27 heavy (non-hydrogen) atoms. The van der Waals surface area contributed by atoms with Gasteiger partial charge in [-0.1, -0.05) is 118 Å². The third-order valence-electron chi connectivity index (χ3n) is 3.80. The number of rotatable bonds is 1. The smallest absolute Gasteiger partial charge is 0.0152 e. The van der Waals surface area contributed by atoms with E-state index in [0.29, 0.717) is 0 Å². The van der Waals surface area contributed by atoms with Gasteiger partial charge in [0.15, 0.2) is 0 Å². The lowest BCUT2D eigenvalue weighted by molar-refractivity contribution is 1.09. The number of aryl methyl sites for hydroxylation is 4. The predicted molar refractivity (Wildman–Crippen MR) is 125 cm³/mol. The van der Waals surface area contributed by atoms with Crippen LogP contribution in [-0.4, -0.2) is 0 Å². The van der Waals surface area contributed by atoms with Crippen LogP contribution in [0.15, 0.2) is 72.8 Å². The maximum atomic E-state index is 2.18. The first kappa shape index (κ1) is 24.7. The van der Waals surface area contributed by atoms with Crippen LogP contribution < -0.4 is 0 Å². The van der Waals surface area contributed by atoms with Gasteiger partial charge in [-0.05, 0) is 49.9 Å². The third kappa shape index (κ3) is 9.80. The van der Waals surface area contributed by atoms with E-state index < -0.39 is 0 Å². The van der Waals surface area contributed by atoms with Gasteiger partial charge >= 0.3 is 0 Å². The molecular formula is C27H38. The van der Waals surface area contributed by atoms with Gasteiger partial charge < -0.3 is 0 Å². The Labute approximate surface area is 168 Å². The zero-order chi connectivity index (χ0) is 20.7. The molecule has 0 N–H and O–H groups in total. The van der Waals surface area contributed by atoms with Crippen molar-refractivity contribution in [3.8, 4) is 11.1 Å². The molecule has 0 saturated heterocycles. The van der Waals surface area contributed by atoms with Gasteiger partial charge in [-0.15, -0.1) is 0 Å². The largest absolute Gasteiger partial charge is 0.0683 e. The summed E-state index contributed by atoms with van der Waals surface area (Å²) in [5.41, 5.74) is 8.01. The van der Waals surface area contributed by atoms with E-state index in [9.17, 15) is 0 Å². The summed E-state index contributed by atoms with van der Waals surface area (Å²) in [6.07, 6.45) is 1.25. The van der Waals surface area contributed by atoms with E-state index in [4.69, 9.17) is 0 Å². The average molecular weight is 363 g/mol. The van der Waals surface area contributed by atoms with Crippen LogP contribution in [0.5, 0.6) is 0 Å². The molecule has 0 aliphatic heterocycles. The molecule has 0 heterocycles. The van der Waals surface area contributed by atoms with E-state index in [0.717, 1.165) is 0 Å². The van der Waals surface area contributed by atoms with Crippen molar-refractivity contribution in [3.63, 3.8) is 0 Å². The maximum Gasteiger partial charge on any atom is -0.0152 e. The van der Waals surface area contributed by atoms with Crippen LogP contribution in [0.3, 0.4) is 0 Å². The fraction of sp³-hybridized carbons (Fsp3) is 0.333. The first-order valence-corrected chi connectivity index (χ1v) is 10.1. The molecule has 0 aromatic heterocycles. The minimum absolute atomic E-state index is 1.25. The second-order valence-corrected chi connectivity index (χ2v) is 6.49. The van der Waals surface area contributed by atoms with E-state index in [-0.39, 0.29) is 0 Å². The summed E-state index contributed by atoms with van der Waals surface area (Å²) in [5, 5.41) is 0. The summed E-state index contributed by atoms with van der Waals surface area (Å²) in [4.78, 5) is 0. The summed E-state index contributed by atoms with van der Waals surface area (Å²) in [7, 11) is 0. The van der Waals surface area contributed by atoms with E-state index in [1.165, 1.54) is 39.8 Å². The minimum atomic E-state index is 1.25. The second-order valence-electron chi connectivity index (χ2n) is 6.49. The highest BCUT2D eigenvalue weighted by molar-refractivity contribution is 5.70. The average Bonchev–Trinajstić information content (AvgIpc) is 2.68. The van der Waals surface area contributed by atoms with Gasteiger partial charge in [-0.3, -0.25) is 0 Å². The number of benzene rings is 3. The van der Waals surface area contributed by atoms with Gasteiger partial charge in [0.2, 0.25) is 0 Å². The Bertz CT molecular complexity index is 671. The van der Waals surface area contributed by atoms with E-state index >= 15 is 0 Å². The quantitative estimate of drug-likeness (QED) is 0.406. The molecule has 146 valence electrons. The highest BCUT2D eigenvalue weighted by atomic mass is 14.1. The van der Waals surface area contributed by atoms with Crippen molar-refractivity contribution in [2.45, 2.75) is 61.8 Å². The van der Waals surface area contributed by atoms with Gasteiger partial charge in [-0.2, -0.15) is 0 Å². The van der Waals surface area contributed by atoms with Crippen LogP contribution >= 0.6 is 0 Å². The standard InChI is InChI=1S/C14H14.C8H10.C3H8.C2H6/c1-11-7-3-5-9-13(11)14-10-6-4-8-12(14)2;1-7-3-5-8(2)6-4-7;1-3-2;1-2/h3-10H,1-2H3;3-6H,1-2H3;3H2,1-2H3;1-2H3. The van der Waals surface area contributed by atoms with Crippen molar-refractivity contribution in [2.75, 3.05) is 0 Å². The van der Waals surface area contributed by atoms with Crippen molar-refractivity contribution in [2.24, 2.45) is 0 Å². The molecule has 0 atom stereocenters. The highest BCUT2D eigenvalue weighted by Crippen LogP contribution is 2.25. The molecule has 3 aromatic carbocycles. The topological polar surface area (TPSA) is 0 Å². The molecule has 0 fully saturated rings. The van der Waals surface area contributed by atoms with Gasteiger partial charge in [0.05, 0.1) is 0 Å². The Balaban J connectivity index is 0.000000442. The van der Waals surface area contributed by atoms with Gasteiger partial charge in [-0.25, -0.2) is 0 Å². The molecular weight excluding hydrogens is 324 g/mol. The zero-order valence-corrected chi connectivity index (χ0v) is 18.6. The molecule has 3 rings (SSSR count). The van der Waals surface area contributed by atoms with E-state index in [1.54, 1.807) is 0 Å². The number of hydrogen-bond acceptors (Lipinski definition) is 0. The summed E-state index contributed by atoms with van der Waals surface area (Å²) >= 11 is 0. The summed E-state index contributed by atoms with van der Waals surface area (Å²) in [6.45, 7) is 16.8. The molecule has 0 aliphatic carbocycles. The van der Waals surface area contributed by atoms with Crippen LogP contribution in [0.2, 0.25) is 0 Å². The molecule has 0 saturated carbocycles. The maximum absolute atomic E-state index is 2.18. The van der Waals surface area contributed by atoms with Crippen molar-refractivity contribution >= 4 is 0 Å². The van der Waals surface area contributed by atoms with E-state index in [2.05, 4.69) is 114 Å². The molecule has 0 unspecified atom stereocenters. The highest BCUT2D eigenvalue weighted by Gasteiger charge is 2.02. The van der Waals surface area contributed by atoms with Crippen LogP contribution in [-0.2, 0) is 0 Å². The van der Waals surface area contributed by atoms with Gasteiger partial charge in [0.1, 0.15) is 0 Å². The molecule has 0 aliphatic rings. The van der Waals surface area contributed by atoms with Crippen LogP contribution in [0.25, 0.3) is 11.1 Å². The monoisotopic (exact) mass is 362 g/mol. The fourth-order valence-electron chi connectivity index (χ4n) is 2.39. The third-order valence-corrected chi connectivity index (χ3v) is 3.80. The normalized spacial score (nSPS) is 8.89. The van der Waals surface area contributed by atoms with Crippen molar-refractivity contribution in [1.82, 2.24) is 0 Å². The molecule has 0 nitrogen and oxygen atoms in total. The van der Waals surface area contributed by atoms with Crippen molar-refractivity contribution in [3.05, 3.63) is 95.1 Å². The predicted octanol–water partition coefficient (Wildman–Crippen LogP) is 8.72. The lowest BCUT2D eigenvalue weighted by Gasteiger charge is -2.08.